The minimum absolute atomic E-state index is 0.155. The van der Waals surface area contributed by atoms with Gasteiger partial charge in [0.2, 0.25) is 0 Å². The molecule has 2 unspecified atom stereocenters. The molecule has 3 heterocycles. The third-order valence-electron chi connectivity index (χ3n) is 5.41. The SMILES string of the molecule is NC1CCOC(C2CCN(C(=O)c3ccc4sccc4c3)CC2)C1. The molecule has 0 saturated carbocycles. The highest BCUT2D eigenvalue weighted by Crippen LogP contribution is 2.29. The first kappa shape index (κ1) is 16.1. The smallest absolute Gasteiger partial charge is 0.253 e. The summed E-state index contributed by atoms with van der Waals surface area (Å²) in [5, 5.41) is 3.23. The molecule has 128 valence electrons. The van der Waals surface area contributed by atoms with Crippen LogP contribution in [0.25, 0.3) is 10.1 Å². The van der Waals surface area contributed by atoms with Crippen LogP contribution in [0.5, 0.6) is 0 Å². The van der Waals surface area contributed by atoms with Crippen molar-refractivity contribution in [3.8, 4) is 0 Å². The van der Waals surface area contributed by atoms with E-state index in [0.717, 1.165) is 56.3 Å². The molecule has 2 fully saturated rings. The van der Waals surface area contributed by atoms with Gasteiger partial charge in [-0.1, -0.05) is 0 Å². The second-order valence-corrected chi connectivity index (χ2v) is 7.94. The molecule has 1 aromatic heterocycles. The van der Waals surface area contributed by atoms with Gasteiger partial charge >= 0.3 is 0 Å². The van der Waals surface area contributed by atoms with Gasteiger partial charge in [-0.2, -0.15) is 0 Å². The normalized spacial score (nSPS) is 26.0. The van der Waals surface area contributed by atoms with Gasteiger partial charge in [0.25, 0.3) is 5.91 Å². The summed E-state index contributed by atoms with van der Waals surface area (Å²) < 4.78 is 7.16. The molecule has 2 N–H and O–H groups in total. The van der Waals surface area contributed by atoms with Gasteiger partial charge < -0.3 is 15.4 Å². The average molecular weight is 344 g/mol. The summed E-state index contributed by atoms with van der Waals surface area (Å²) in [5.41, 5.74) is 6.88. The van der Waals surface area contributed by atoms with E-state index in [1.807, 2.05) is 17.0 Å². The summed E-state index contributed by atoms with van der Waals surface area (Å²) in [6.07, 6.45) is 4.26. The van der Waals surface area contributed by atoms with Crippen molar-refractivity contribution >= 4 is 27.3 Å². The number of rotatable bonds is 2. The number of carbonyl (C=O) groups excluding carboxylic acids is 1. The highest BCUT2D eigenvalue weighted by molar-refractivity contribution is 7.17. The van der Waals surface area contributed by atoms with E-state index >= 15 is 0 Å². The molecule has 0 radical (unpaired) electrons. The average Bonchev–Trinajstić information content (AvgIpc) is 3.09. The van der Waals surface area contributed by atoms with Crippen molar-refractivity contribution in [1.82, 2.24) is 4.90 Å². The van der Waals surface area contributed by atoms with E-state index < -0.39 is 0 Å². The minimum Gasteiger partial charge on any atom is -0.378 e. The topological polar surface area (TPSA) is 55.6 Å². The summed E-state index contributed by atoms with van der Waals surface area (Å²) in [6.45, 7) is 2.42. The lowest BCUT2D eigenvalue weighted by atomic mass is 9.86. The Bertz CT molecular complexity index is 721. The number of ether oxygens (including phenoxy) is 1. The van der Waals surface area contributed by atoms with Crippen LogP contribution >= 0.6 is 11.3 Å². The number of hydrogen-bond acceptors (Lipinski definition) is 4. The summed E-state index contributed by atoms with van der Waals surface area (Å²) in [7, 11) is 0. The molecule has 24 heavy (non-hydrogen) atoms. The molecule has 2 saturated heterocycles. The molecular formula is C19H24N2O2S. The fourth-order valence-corrected chi connectivity index (χ4v) is 4.71. The first-order valence-corrected chi connectivity index (χ1v) is 9.72. The van der Waals surface area contributed by atoms with Crippen molar-refractivity contribution in [1.29, 1.82) is 0 Å². The van der Waals surface area contributed by atoms with Crippen LogP contribution in [0.1, 0.15) is 36.0 Å². The number of hydrogen-bond donors (Lipinski definition) is 1. The van der Waals surface area contributed by atoms with Crippen LogP contribution < -0.4 is 5.73 Å². The van der Waals surface area contributed by atoms with Crippen molar-refractivity contribution < 1.29 is 9.53 Å². The number of nitrogens with two attached hydrogens (primary N) is 1. The molecule has 0 spiro atoms. The largest absolute Gasteiger partial charge is 0.378 e. The maximum absolute atomic E-state index is 12.8. The number of amides is 1. The zero-order chi connectivity index (χ0) is 16.5. The lowest BCUT2D eigenvalue weighted by Crippen LogP contribution is -2.45. The predicted octanol–water partition coefficient (Wildman–Crippen LogP) is 3.26. The molecule has 5 heteroatoms. The van der Waals surface area contributed by atoms with E-state index in [0.29, 0.717) is 5.92 Å². The van der Waals surface area contributed by atoms with Gasteiger partial charge in [0.05, 0.1) is 6.10 Å². The Balaban J connectivity index is 1.38. The van der Waals surface area contributed by atoms with Gasteiger partial charge in [-0.15, -0.1) is 11.3 Å². The molecular weight excluding hydrogens is 320 g/mol. The second-order valence-electron chi connectivity index (χ2n) is 7.00. The summed E-state index contributed by atoms with van der Waals surface area (Å²) >= 11 is 1.71. The Morgan fingerprint density at radius 2 is 2.04 bits per heavy atom. The number of benzene rings is 1. The Kier molecular flexibility index (Phi) is 4.57. The molecule has 0 aliphatic carbocycles. The molecule has 4 nitrogen and oxygen atoms in total. The van der Waals surface area contributed by atoms with Crippen LogP contribution in [0, 0.1) is 5.92 Å². The summed E-state index contributed by atoms with van der Waals surface area (Å²) in [5.74, 6) is 0.697. The number of thiophene rings is 1. The monoisotopic (exact) mass is 344 g/mol. The van der Waals surface area contributed by atoms with Gasteiger partial charge in [-0.3, -0.25) is 4.79 Å². The second kappa shape index (κ2) is 6.82. The lowest BCUT2D eigenvalue weighted by molar-refractivity contribution is -0.0419. The third kappa shape index (κ3) is 3.21. The van der Waals surface area contributed by atoms with Crippen LogP contribution in [-0.4, -0.2) is 42.6 Å². The first-order chi connectivity index (χ1) is 11.7. The van der Waals surface area contributed by atoms with Gasteiger partial charge in [0.15, 0.2) is 0 Å². The molecule has 2 aromatic rings. The number of carbonyl (C=O) groups is 1. The molecule has 1 amide bonds. The van der Waals surface area contributed by atoms with Crippen LogP contribution in [0.4, 0.5) is 0 Å². The number of likely N-dealkylation sites (tertiary alicyclic amines) is 1. The minimum atomic E-state index is 0.155. The fourth-order valence-electron chi connectivity index (χ4n) is 3.94. The zero-order valence-corrected chi connectivity index (χ0v) is 14.6. The maximum Gasteiger partial charge on any atom is 0.253 e. The Labute approximate surface area is 146 Å². The van der Waals surface area contributed by atoms with Crippen molar-refractivity contribution in [3.05, 3.63) is 35.2 Å². The summed E-state index contributed by atoms with van der Waals surface area (Å²) in [6, 6.07) is 8.38. The molecule has 4 rings (SSSR count). The Hall–Kier alpha value is -1.43. The number of nitrogens with zero attached hydrogens (tertiary/aromatic N) is 1. The van der Waals surface area contributed by atoms with Crippen LogP contribution in [0.2, 0.25) is 0 Å². The molecule has 2 aliphatic rings. The number of piperidine rings is 1. The van der Waals surface area contributed by atoms with Crippen LogP contribution in [-0.2, 0) is 4.74 Å². The van der Waals surface area contributed by atoms with Crippen LogP contribution in [0.3, 0.4) is 0 Å². The maximum atomic E-state index is 12.8. The van der Waals surface area contributed by atoms with Gasteiger partial charge in [0.1, 0.15) is 0 Å². The van der Waals surface area contributed by atoms with Gasteiger partial charge in [0, 0.05) is 36.0 Å². The molecule has 0 bridgehead atoms. The third-order valence-corrected chi connectivity index (χ3v) is 6.31. The van der Waals surface area contributed by atoms with E-state index in [-0.39, 0.29) is 18.1 Å². The van der Waals surface area contributed by atoms with Gasteiger partial charge in [-0.25, -0.2) is 0 Å². The van der Waals surface area contributed by atoms with Gasteiger partial charge in [-0.05, 0) is 66.6 Å². The highest BCUT2D eigenvalue weighted by atomic mass is 32.1. The van der Waals surface area contributed by atoms with E-state index in [1.165, 1.54) is 4.70 Å². The van der Waals surface area contributed by atoms with Crippen molar-refractivity contribution in [2.24, 2.45) is 11.7 Å². The molecule has 2 aliphatic heterocycles. The van der Waals surface area contributed by atoms with E-state index in [2.05, 4.69) is 17.5 Å². The molecule has 2 atom stereocenters. The predicted molar refractivity (Wildman–Crippen MR) is 97.4 cm³/mol. The van der Waals surface area contributed by atoms with E-state index in [4.69, 9.17) is 10.5 Å². The standard InChI is InChI=1S/C19H24N2O2S/c20-16-5-9-23-17(12-16)13-3-7-21(8-4-13)19(22)15-1-2-18-14(11-15)6-10-24-18/h1-2,6,10-11,13,16-17H,3-5,7-9,12,20H2. The van der Waals surface area contributed by atoms with Crippen molar-refractivity contribution in [3.63, 3.8) is 0 Å². The number of fused-ring (bicyclic) bond motifs is 1. The van der Waals surface area contributed by atoms with Crippen LogP contribution in [0.15, 0.2) is 29.6 Å². The van der Waals surface area contributed by atoms with E-state index in [9.17, 15) is 4.79 Å². The summed E-state index contributed by atoms with van der Waals surface area (Å²) in [4.78, 5) is 14.8. The Morgan fingerprint density at radius 1 is 1.21 bits per heavy atom. The fraction of sp³-hybridized carbons (Fsp3) is 0.526. The quantitative estimate of drug-likeness (QED) is 0.910. The Morgan fingerprint density at radius 3 is 2.83 bits per heavy atom. The van der Waals surface area contributed by atoms with Crippen molar-refractivity contribution in [2.75, 3.05) is 19.7 Å². The van der Waals surface area contributed by atoms with Crippen molar-refractivity contribution in [2.45, 2.75) is 37.8 Å². The highest BCUT2D eigenvalue weighted by Gasteiger charge is 2.32. The zero-order valence-electron chi connectivity index (χ0n) is 13.8. The lowest BCUT2D eigenvalue weighted by Gasteiger charge is -2.38. The first-order valence-electron chi connectivity index (χ1n) is 8.84. The van der Waals surface area contributed by atoms with E-state index in [1.54, 1.807) is 11.3 Å². The molecule has 1 aromatic carbocycles.